The summed E-state index contributed by atoms with van der Waals surface area (Å²) in [5, 5.41) is 0. The molecule has 0 saturated heterocycles. The van der Waals surface area contributed by atoms with Gasteiger partial charge in [-0.2, -0.15) is 0 Å². The Kier molecular flexibility index (Phi) is 5.64. The first kappa shape index (κ1) is 9.92. The molecule has 0 N–H and O–H groups in total. The third-order valence-electron chi connectivity index (χ3n) is 1.77. The summed E-state index contributed by atoms with van der Waals surface area (Å²) in [6.07, 6.45) is 1.13. The highest BCUT2D eigenvalue weighted by atomic mass is 16.5. The van der Waals surface area contributed by atoms with Gasteiger partial charge >= 0.3 is 0 Å². The van der Waals surface area contributed by atoms with E-state index < -0.39 is 0 Å². The quantitative estimate of drug-likeness (QED) is 0.542. The van der Waals surface area contributed by atoms with Crippen molar-refractivity contribution in [2.45, 2.75) is 26.3 Å². The maximum Gasteiger partial charge on any atom is 0.0480 e. The molecule has 0 aromatic heterocycles. The SMILES string of the molecule is CCOCCC(C)N(C)C. The second-order valence-corrected chi connectivity index (χ2v) is 2.80. The molecular formula is C8H19NO. The molecule has 0 aliphatic heterocycles. The first-order valence-electron chi connectivity index (χ1n) is 3.92. The van der Waals surface area contributed by atoms with Gasteiger partial charge in [0.1, 0.15) is 0 Å². The molecule has 62 valence electrons. The maximum absolute atomic E-state index is 5.23. The molecule has 0 aromatic carbocycles. The van der Waals surface area contributed by atoms with E-state index in [1.54, 1.807) is 0 Å². The first-order valence-corrected chi connectivity index (χ1v) is 3.92. The minimum Gasteiger partial charge on any atom is -0.382 e. The lowest BCUT2D eigenvalue weighted by Crippen LogP contribution is -2.25. The van der Waals surface area contributed by atoms with Gasteiger partial charge in [-0.25, -0.2) is 0 Å². The zero-order chi connectivity index (χ0) is 7.98. The van der Waals surface area contributed by atoms with E-state index in [-0.39, 0.29) is 0 Å². The summed E-state index contributed by atoms with van der Waals surface area (Å²) in [6.45, 7) is 5.95. The fourth-order valence-electron chi connectivity index (χ4n) is 0.656. The second-order valence-electron chi connectivity index (χ2n) is 2.80. The average Bonchev–Trinajstić information content (AvgIpc) is 1.88. The Labute approximate surface area is 64.2 Å². The zero-order valence-electron chi connectivity index (χ0n) is 7.55. The fourth-order valence-corrected chi connectivity index (χ4v) is 0.656. The van der Waals surface area contributed by atoms with Gasteiger partial charge in [0.05, 0.1) is 0 Å². The topological polar surface area (TPSA) is 12.5 Å². The van der Waals surface area contributed by atoms with Gasteiger partial charge in [-0.15, -0.1) is 0 Å². The molecule has 0 rings (SSSR count). The van der Waals surface area contributed by atoms with E-state index in [1.807, 2.05) is 6.92 Å². The number of nitrogens with zero attached hydrogens (tertiary/aromatic N) is 1. The third-order valence-corrected chi connectivity index (χ3v) is 1.77. The van der Waals surface area contributed by atoms with Crippen molar-refractivity contribution in [2.24, 2.45) is 0 Å². The summed E-state index contributed by atoms with van der Waals surface area (Å²) in [5.74, 6) is 0. The van der Waals surface area contributed by atoms with Gasteiger partial charge < -0.3 is 9.64 Å². The minimum absolute atomic E-state index is 0.631. The minimum atomic E-state index is 0.631. The van der Waals surface area contributed by atoms with Crippen molar-refractivity contribution in [3.63, 3.8) is 0 Å². The van der Waals surface area contributed by atoms with Crippen LogP contribution in [0.5, 0.6) is 0 Å². The normalized spacial score (nSPS) is 14.1. The van der Waals surface area contributed by atoms with Crippen molar-refractivity contribution < 1.29 is 4.74 Å². The van der Waals surface area contributed by atoms with Gasteiger partial charge in [0.25, 0.3) is 0 Å². The smallest absolute Gasteiger partial charge is 0.0480 e. The molecule has 1 unspecified atom stereocenters. The predicted molar refractivity (Wildman–Crippen MR) is 44.3 cm³/mol. The van der Waals surface area contributed by atoms with Crippen LogP contribution >= 0.6 is 0 Å². The Balaban J connectivity index is 3.13. The van der Waals surface area contributed by atoms with Crippen LogP contribution in [-0.2, 0) is 4.74 Å². The number of hydrogen-bond acceptors (Lipinski definition) is 2. The van der Waals surface area contributed by atoms with E-state index in [1.165, 1.54) is 0 Å². The van der Waals surface area contributed by atoms with E-state index in [9.17, 15) is 0 Å². The van der Waals surface area contributed by atoms with Gasteiger partial charge in [0.15, 0.2) is 0 Å². The fraction of sp³-hybridized carbons (Fsp3) is 1.00. The molecule has 0 heterocycles. The summed E-state index contributed by atoms with van der Waals surface area (Å²) in [5.41, 5.74) is 0. The zero-order valence-corrected chi connectivity index (χ0v) is 7.55. The molecule has 0 fully saturated rings. The summed E-state index contributed by atoms with van der Waals surface area (Å²) in [7, 11) is 4.19. The van der Waals surface area contributed by atoms with Crippen LogP contribution < -0.4 is 0 Å². The largest absolute Gasteiger partial charge is 0.382 e. The summed E-state index contributed by atoms with van der Waals surface area (Å²) < 4.78 is 5.23. The van der Waals surface area contributed by atoms with Crippen LogP contribution in [-0.4, -0.2) is 38.3 Å². The third kappa shape index (κ3) is 4.77. The van der Waals surface area contributed by atoms with Crippen molar-refractivity contribution in [1.29, 1.82) is 0 Å². The Morgan fingerprint density at radius 3 is 2.40 bits per heavy atom. The molecule has 1 atom stereocenters. The molecule has 0 saturated carbocycles. The van der Waals surface area contributed by atoms with Crippen molar-refractivity contribution >= 4 is 0 Å². The standard InChI is InChI=1S/C8H19NO/c1-5-10-7-6-8(2)9(3)4/h8H,5-7H2,1-4H3. The molecule has 0 aliphatic rings. The van der Waals surface area contributed by atoms with Gasteiger partial charge in [-0.05, 0) is 34.4 Å². The van der Waals surface area contributed by atoms with Crippen molar-refractivity contribution in [3.05, 3.63) is 0 Å². The Morgan fingerprint density at radius 2 is 2.00 bits per heavy atom. The van der Waals surface area contributed by atoms with Crippen molar-refractivity contribution in [2.75, 3.05) is 27.3 Å². The molecular weight excluding hydrogens is 126 g/mol. The lowest BCUT2D eigenvalue weighted by molar-refractivity contribution is 0.124. The van der Waals surface area contributed by atoms with E-state index >= 15 is 0 Å². The van der Waals surface area contributed by atoms with Gasteiger partial charge in [0, 0.05) is 19.3 Å². The molecule has 0 aliphatic carbocycles. The van der Waals surface area contributed by atoms with E-state index in [4.69, 9.17) is 4.74 Å². The number of ether oxygens (including phenoxy) is 1. The molecule has 2 nitrogen and oxygen atoms in total. The van der Waals surface area contributed by atoms with Gasteiger partial charge in [-0.3, -0.25) is 0 Å². The van der Waals surface area contributed by atoms with E-state index in [2.05, 4.69) is 25.9 Å². The van der Waals surface area contributed by atoms with Crippen LogP contribution in [0.4, 0.5) is 0 Å². The Hall–Kier alpha value is -0.0800. The molecule has 0 radical (unpaired) electrons. The monoisotopic (exact) mass is 145 g/mol. The van der Waals surface area contributed by atoms with Gasteiger partial charge in [0.2, 0.25) is 0 Å². The van der Waals surface area contributed by atoms with Crippen LogP contribution in [0.3, 0.4) is 0 Å². The molecule has 0 bridgehead atoms. The van der Waals surface area contributed by atoms with Crippen molar-refractivity contribution in [3.8, 4) is 0 Å². The molecule has 0 amide bonds. The molecule has 0 spiro atoms. The second kappa shape index (κ2) is 5.69. The lowest BCUT2D eigenvalue weighted by Gasteiger charge is -2.18. The highest BCUT2D eigenvalue weighted by molar-refractivity contribution is 4.57. The summed E-state index contributed by atoms with van der Waals surface area (Å²) in [6, 6.07) is 0.631. The Bertz CT molecular complexity index is 73.7. The molecule has 2 heteroatoms. The van der Waals surface area contributed by atoms with E-state index in [0.29, 0.717) is 6.04 Å². The maximum atomic E-state index is 5.23. The van der Waals surface area contributed by atoms with Crippen molar-refractivity contribution in [1.82, 2.24) is 4.90 Å². The predicted octanol–water partition coefficient (Wildman–Crippen LogP) is 1.36. The highest BCUT2D eigenvalue weighted by Gasteiger charge is 2.02. The van der Waals surface area contributed by atoms with Crippen LogP contribution in [0, 0.1) is 0 Å². The van der Waals surface area contributed by atoms with Gasteiger partial charge in [-0.1, -0.05) is 0 Å². The molecule has 10 heavy (non-hydrogen) atoms. The van der Waals surface area contributed by atoms with Crippen LogP contribution in [0.2, 0.25) is 0 Å². The van der Waals surface area contributed by atoms with Crippen LogP contribution in [0.1, 0.15) is 20.3 Å². The lowest BCUT2D eigenvalue weighted by atomic mass is 10.2. The van der Waals surface area contributed by atoms with E-state index in [0.717, 1.165) is 19.6 Å². The summed E-state index contributed by atoms with van der Waals surface area (Å²) >= 11 is 0. The highest BCUT2D eigenvalue weighted by Crippen LogP contribution is 1.97. The van der Waals surface area contributed by atoms with Crippen LogP contribution in [0.25, 0.3) is 0 Å². The average molecular weight is 145 g/mol. The van der Waals surface area contributed by atoms with Crippen LogP contribution in [0.15, 0.2) is 0 Å². The number of rotatable bonds is 5. The first-order chi connectivity index (χ1) is 4.68. The summed E-state index contributed by atoms with van der Waals surface area (Å²) in [4.78, 5) is 2.21. The molecule has 0 aromatic rings. The number of hydrogen-bond donors (Lipinski definition) is 0. The Morgan fingerprint density at radius 1 is 1.40 bits per heavy atom.